The molecule has 17 heavy (non-hydrogen) atoms. The second-order valence-corrected chi connectivity index (χ2v) is 4.72. The van der Waals surface area contributed by atoms with Crippen molar-refractivity contribution in [2.45, 2.75) is 24.0 Å². The smallest absolute Gasteiger partial charge is 0.126 e. The minimum absolute atomic E-state index is 0.851. The van der Waals surface area contributed by atoms with E-state index in [1.54, 1.807) is 18.0 Å². The quantitative estimate of drug-likeness (QED) is 0.789. The largest absolute Gasteiger partial charge is 0.468 e. The molecular weight excluding hydrogens is 232 g/mol. The van der Waals surface area contributed by atoms with Crippen molar-refractivity contribution >= 4 is 17.6 Å². The Hall–Kier alpha value is -1.42. The summed E-state index contributed by atoms with van der Waals surface area (Å²) in [6.07, 6.45) is 4.64. The lowest BCUT2D eigenvalue weighted by atomic mass is 10.4. The average molecular weight is 248 g/mol. The number of hydrogen-bond acceptors (Lipinski definition) is 4. The molecule has 4 heteroatoms. The Morgan fingerprint density at radius 2 is 2.35 bits per heavy atom. The predicted octanol–water partition coefficient (Wildman–Crippen LogP) is 3.79. The van der Waals surface area contributed by atoms with E-state index in [2.05, 4.69) is 23.3 Å². The molecule has 2 aromatic rings. The molecule has 1 N–H and O–H groups in total. The van der Waals surface area contributed by atoms with Crippen LogP contribution in [0.25, 0.3) is 0 Å². The third-order valence-electron chi connectivity index (χ3n) is 2.25. The molecule has 0 saturated heterocycles. The summed E-state index contributed by atoms with van der Waals surface area (Å²) in [5.41, 5.74) is 0. The van der Waals surface area contributed by atoms with E-state index >= 15 is 0 Å². The molecule has 0 unspecified atom stereocenters. The number of nitrogens with zero attached hydrogens (tertiary/aromatic N) is 1. The molecule has 2 rings (SSSR count). The van der Waals surface area contributed by atoms with Crippen molar-refractivity contribution in [1.82, 2.24) is 4.98 Å². The highest BCUT2D eigenvalue weighted by Gasteiger charge is 2.00. The first kappa shape index (κ1) is 12.0. The van der Waals surface area contributed by atoms with Crippen LogP contribution in [-0.4, -0.2) is 11.5 Å². The van der Waals surface area contributed by atoms with E-state index in [0.717, 1.165) is 30.3 Å². The number of nitrogens with one attached hydrogen (secondary N) is 1. The van der Waals surface area contributed by atoms with Crippen LogP contribution in [0, 0.1) is 0 Å². The number of pyridine rings is 1. The SMILES string of the molecule is CCCNc1cc(SCc2ccco2)ccn1. The van der Waals surface area contributed by atoms with Gasteiger partial charge in [-0.1, -0.05) is 6.92 Å². The van der Waals surface area contributed by atoms with E-state index in [1.165, 1.54) is 4.90 Å². The third kappa shape index (κ3) is 3.82. The number of anilines is 1. The molecule has 3 nitrogen and oxygen atoms in total. The van der Waals surface area contributed by atoms with Gasteiger partial charge in [0, 0.05) is 17.6 Å². The first-order valence-electron chi connectivity index (χ1n) is 5.73. The van der Waals surface area contributed by atoms with Crippen molar-refractivity contribution in [3.63, 3.8) is 0 Å². The maximum absolute atomic E-state index is 5.30. The van der Waals surface area contributed by atoms with Gasteiger partial charge in [0.15, 0.2) is 0 Å². The molecule has 0 aliphatic carbocycles. The Labute approximate surface area is 106 Å². The molecule has 0 aliphatic rings. The molecule has 0 spiro atoms. The van der Waals surface area contributed by atoms with Crippen LogP contribution < -0.4 is 5.32 Å². The zero-order chi connectivity index (χ0) is 11.9. The van der Waals surface area contributed by atoms with Gasteiger partial charge in [-0.05, 0) is 30.7 Å². The maximum atomic E-state index is 5.30. The minimum atomic E-state index is 0.851. The van der Waals surface area contributed by atoms with E-state index in [0.29, 0.717) is 0 Å². The van der Waals surface area contributed by atoms with Crippen LogP contribution in [0.5, 0.6) is 0 Å². The van der Waals surface area contributed by atoms with Gasteiger partial charge in [-0.3, -0.25) is 0 Å². The van der Waals surface area contributed by atoms with Gasteiger partial charge in [-0.2, -0.15) is 0 Å². The number of hydrogen-bond donors (Lipinski definition) is 1. The van der Waals surface area contributed by atoms with Crippen LogP contribution in [0.4, 0.5) is 5.82 Å². The molecule has 0 amide bonds. The molecule has 2 heterocycles. The van der Waals surface area contributed by atoms with Crippen LogP contribution in [-0.2, 0) is 5.75 Å². The van der Waals surface area contributed by atoms with Crippen molar-refractivity contribution in [2.75, 3.05) is 11.9 Å². The summed E-state index contributed by atoms with van der Waals surface area (Å²) in [6.45, 7) is 3.10. The lowest BCUT2D eigenvalue weighted by molar-refractivity contribution is 0.530. The van der Waals surface area contributed by atoms with Crippen molar-refractivity contribution in [3.8, 4) is 0 Å². The normalized spacial score (nSPS) is 10.4. The fourth-order valence-corrected chi connectivity index (χ4v) is 2.23. The Morgan fingerprint density at radius 1 is 1.41 bits per heavy atom. The Balaban J connectivity index is 1.91. The Bertz CT molecular complexity index is 442. The molecule has 90 valence electrons. The van der Waals surface area contributed by atoms with Crippen LogP contribution >= 0.6 is 11.8 Å². The summed E-state index contributed by atoms with van der Waals surface area (Å²) < 4.78 is 5.30. The lowest BCUT2D eigenvalue weighted by Gasteiger charge is -2.05. The van der Waals surface area contributed by atoms with Crippen molar-refractivity contribution in [1.29, 1.82) is 0 Å². The zero-order valence-corrected chi connectivity index (χ0v) is 10.7. The Kier molecular flexibility index (Phi) is 4.50. The number of aromatic nitrogens is 1. The van der Waals surface area contributed by atoms with E-state index in [-0.39, 0.29) is 0 Å². The molecular formula is C13H16N2OS. The summed E-state index contributed by atoms with van der Waals surface area (Å²) >= 11 is 1.75. The van der Waals surface area contributed by atoms with Crippen molar-refractivity contribution < 1.29 is 4.42 Å². The van der Waals surface area contributed by atoms with Gasteiger partial charge in [0.25, 0.3) is 0 Å². The molecule has 0 saturated carbocycles. The first-order valence-corrected chi connectivity index (χ1v) is 6.72. The number of thioether (sulfide) groups is 1. The van der Waals surface area contributed by atoms with Crippen molar-refractivity contribution in [2.24, 2.45) is 0 Å². The Morgan fingerprint density at radius 3 is 3.12 bits per heavy atom. The second kappa shape index (κ2) is 6.35. The summed E-state index contributed by atoms with van der Waals surface area (Å²) in [5, 5.41) is 3.28. The fourth-order valence-electron chi connectivity index (χ4n) is 1.40. The minimum Gasteiger partial charge on any atom is -0.468 e. The van der Waals surface area contributed by atoms with Gasteiger partial charge in [0.2, 0.25) is 0 Å². The number of furan rings is 1. The van der Waals surface area contributed by atoms with E-state index < -0.39 is 0 Å². The third-order valence-corrected chi connectivity index (χ3v) is 3.26. The topological polar surface area (TPSA) is 38.1 Å². The molecule has 2 aromatic heterocycles. The summed E-state index contributed by atoms with van der Waals surface area (Å²) in [7, 11) is 0. The van der Waals surface area contributed by atoms with E-state index in [4.69, 9.17) is 4.42 Å². The molecule has 0 bridgehead atoms. The predicted molar refractivity (Wildman–Crippen MR) is 71.3 cm³/mol. The van der Waals surface area contributed by atoms with E-state index in [9.17, 15) is 0 Å². The molecule has 0 aromatic carbocycles. The molecule has 0 radical (unpaired) electrons. The van der Waals surface area contributed by atoms with Crippen LogP contribution in [0.3, 0.4) is 0 Å². The zero-order valence-electron chi connectivity index (χ0n) is 9.85. The van der Waals surface area contributed by atoms with E-state index in [1.807, 2.05) is 24.4 Å². The summed E-state index contributed by atoms with van der Waals surface area (Å²) in [6, 6.07) is 8.00. The fraction of sp³-hybridized carbons (Fsp3) is 0.308. The van der Waals surface area contributed by atoms with Gasteiger partial charge < -0.3 is 9.73 Å². The van der Waals surface area contributed by atoms with Gasteiger partial charge in [0.1, 0.15) is 11.6 Å². The number of rotatable bonds is 6. The van der Waals surface area contributed by atoms with Gasteiger partial charge >= 0.3 is 0 Å². The molecule has 0 aliphatic heterocycles. The van der Waals surface area contributed by atoms with Gasteiger partial charge in [-0.25, -0.2) is 4.98 Å². The van der Waals surface area contributed by atoms with Crippen LogP contribution in [0.15, 0.2) is 46.0 Å². The monoisotopic (exact) mass is 248 g/mol. The van der Waals surface area contributed by atoms with Crippen molar-refractivity contribution in [3.05, 3.63) is 42.5 Å². The molecule has 0 fully saturated rings. The van der Waals surface area contributed by atoms with Crippen LogP contribution in [0.2, 0.25) is 0 Å². The van der Waals surface area contributed by atoms with Gasteiger partial charge in [0.05, 0.1) is 12.0 Å². The maximum Gasteiger partial charge on any atom is 0.126 e. The lowest BCUT2D eigenvalue weighted by Crippen LogP contribution is -2.01. The second-order valence-electron chi connectivity index (χ2n) is 3.67. The highest BCUT2D eigenvalue weighted by atomic mass is 32.2. The standard InChI is InChI=1S/C13H16N2OS/c1-2-6-14-13-9-12(5-7-15-13)17-10-11-4-3-8-16-11/h3-5,7-9H,2,6,10H2,1H3,(H,14,15). The summed E-state index contributed by atoms with van der Waals surface area (Å²) in [4.78, 5) is 5.48. The molecule has 0 atom stereocenters. The summed E-state index contributed by atoms with van der Waals surface area (Å²) in [5.74, 6) is 2.79. The highest BCUT2D eigenvalue weighted by Crippen LogP contribution is 2.24. The average Bonchev–Trinajstić information content (AvgIpc) is 2.87. The van der Waals surface area contributed by atoms with Gasteiger partial charge in [-0.15, -0.1) is 11.8 Å². The van der Waals surface area contributed by atoms with Crippen LogP contribution in [0.1, 0.15) is 19.1 Å². The first-order chi connectivity index (χ1) is 8.38. The highest BCUT2D eigenvalue weighted by molar-refractivity contribution is 7.98.